The standard InChI is InChI=1S/C20H22F3N3O2/c1-12-8-16(20(21,22)23)9-19(24-12)26-10-18(11-26)28-17-6-4-15(5-7-17)13(2)25-14(3)27/h4-9,13,18H,10-11H2,1-3H3,(H,25,27)/t13-/m0/s1. The van der Waals surface area contributed by atoms with Gasteiger partial charge in [-0.05, 0) is 43.7 Å². The number of hydrogen-bond donors (Lipinski definition) is 1. The maximum absolute atomic E-state index is 13.0. The van der Waals surface area contributed by atoms with Gasteiger partial charge in [-0.25, -0.2) is 4.98 Å². The Balaban J connectivity index is 1.58. The van der Waals surface area contributed by atoms with Crippen LogP contribution >= 0.6 is 0 Å². The number of nitrogens with zero attached hydrogens (tertiary/aromatic N) is 2. The smallest absolute Gasteiger partial charge is 0.416 e. The van der Waals surface area contributed by atoms with Gasteiger partial charge in [-0.2, -0.15) is 13.2 Å². The van der Waals surface area contributed by atoms with Gasteiger partial charge in [0.05, 0.1) is 24.7 Å². The predicted molar refractivity (Wildman–Crippen MR) is 99.3 cm³/mol. The molecule has 0 spiro atoms. The molecule has 1 aliphatic heterocycles. The van der Waals surface area contributed by atoms with E-state index < -0.39 is 11.7 Å². The Kier molecular flexibility index (Phi) is 5.49. The number of carbonyl (C=O) groups excluding carboxylic acids is 1. The van der Waals surface area contributed by atoms with E-state index in [9.17, 15) is 18.0 Å². The molecule has 1 atom stereocenters. The SMILES string of the molecule is CC(=O)N[C@@H](C)c1ccc(OC2CN(c3cc(C(F)(F)F)cc(C)n3)C2)cc1. The van der Waals surface area contributed by atoms with Gasteiger partial charge in [0.25, 0.3) is 0 Å². The molecule has 0 aliphatic carbocycles. The van der Waals surface area contributed by atoms with Crippen molar-refractivity contribution in [3.8, 4) is 5.75 Å². The quantitative estimate of drug-likeness (QED) is 0.838. The summed E-state index contributed by atoms with van der Waals surface area (Å²) in [6.45, 7) is 5.85. The highest BCUT2D eigenvalue weighted by molar-refractivity contribution is 5.73. The zero-order chi connectivity index (χ0) is 20.5. The number of ether oxygens (including phenoxy) is 1. The van der Waals surface area contributed by atoms with Crippen molar-refractivity contribution in [3.05, 3.63) is 53.2 Å². The van der Waals surface area contributed by atoms with Crippen molar-refractivity contribution in [3.63, 3.8) is 0 Å². The van der Waals surface area contributed by atoms with Crippen molar-refractivity contribution >= 4 is 11.7 Å². The van der Waals surface area contributed by atoms with Crippen LogP contribution < -0.4 is 15.0 Å². The van der Waals surface area contributed by atoms with E-state index in [1.165, 1.54) is 6.92 Å². The second-order valence-electron chi connectivity index (χ2n) is 6.99. The highest BCUT2D eigenvalue weighted by Gasteiger charge is 2.34. The summed E-state index contributed by atoms with van der Waals surface area (Å²) in [4.78, 5) is 17.1. The number of benzene rings is 1. The molecule has 0 saturated carbocycles. The number of pyridine rings is 1. The van der Waals surface area contributed by atoms with Crippen LogP contribution in [-0.4, -0.2) is 30.1 Å². The fourth-order valence-electron chi connectivity index (χ4n) is 3.09. The summed E-state index contributed by atoms with van der Waals surface area (Å²) >= 11 is 0. The molecule has 1 saturated heterocycles. The van der Waals surface area contributed by atoms with Crippen molar-refractivity contribution in [2.75, 3.05) is 18.0 Å². The Morgan fingerprint density at radius 2 is 1.89 bits per heavy atom. The third-order valence-electron chi connectivity index (χ3n) is 4.54. The molecule has 2 aromatic rings. The molecule has 1 N–H and O–H groups in total. The fraction of sp³-hybridized carbons (Fsp3) is 0.400. The lowest BCUT2D eigenvalue weighted by Crippen LogP contribution is -2.54. The molecule has 1 aromatic carbocycles. The molecule has 8 heteroatoms. The van der Waals surface area contributed by atoms with E-state index >= 15 is 0 Å². The van der Waals surface area contributed by atoms with Gasteiger partial charge < -0.3 is 15.0 Å². The Labute approximate surface area is 161 Å². The Morgan fingerprint density at radius 1 is 1.25 bits per heavy atom. The van der Waals surface area contributed by atoms with Gasteiger partial charge >= 0.3 is 6.18 Å². The van der Waals surface area contributed by atoms with Crippen LogP contribution in [-0.2, 0) is 11.0 Å². The van der Waals surface area contributed by atoms with Crippen LogP contribution in [0.25, 0.3) is 0 Å². The lowest BCUT2D eigenvalue weighted by molar-refractivity contribution is -0.137. The molecule has 3 rings (SSSR count). The van der Waals surface area contributed by atoms with Crippen molar-refractivity contribution in [1.82, 2.24) is 10.3 Å². The fourth-order valence-corrected chi connectivity index (χ4v) is 3.09. The highest BCUT2D eigenvalue weighted by atomic mass is 19.4. The third-order valence-corrected chi connectivity index (χ3v) is 4.54. The summed E-state index contributed by atoms with van der Waals surface area (Å²) in [5.41, 5.74) is 0.600. The average Bonchev–Trinajstić information content (AvgIpc) is 2.56. The second-order valence-corrected chi connectivity index (χ2v) is 6.99. The van der Waals surface area contributed by atoms with Crippen LogP contribution in [0.5, 0.6) is 5.75 Å². The minimum absolute atomic E-state index is 0.0963. The number of aryl methyl sites for hydroxylation is 1. The molecule has 0 unspecified atom stereocenters. The van der Waals surface area contributed by atoms with E-state index in [0.29, 0.717) is 30.4 Å². The van der Waals surface area contributed by atoms with Gasteiger partial charge in [0.1, 0.15) is 17.7 Å². The maximum Gasteiger partial charge on any atom is 0.416 e. The van der Waals surface area contributed by atoms with E-state index in [4.69, 9.17) is 4.74 Å². The Bertz CT molecular complexity index is 847. The normalized spacial score (nSPS) is 15.7. The minimum Gasteiger partial charge on any atom is -0.487 e. The van der Waals surface area contributed by atoms with Crippen LogP contribution in [0, 0.1) is 6.92 Å². The minimum atomic E-state index is -4.39. The Hall–Kier alpha value is -2.77. The van der Waals surface area contributed by atoms with Gasteiger partial charge in [0.2, 0.25) is 5.91 Å². The number of nitrogens with one attached hydrogen (secondary N) is 1. The molecule has 5 nitrogen and oxygen atoms in total. The summed E-state index contributed by atoms with van der Waals surface area (Å²) in [6.07, 6.45) is -4.51. The van der Waals surface area contributed by atoms with E-state index in [1.54, 1.807) is 11.8 Å². The van der Waals surface area contributed by atoms with Crippen molar-refractivity contribution in [2.45, 2.75) is 39.1 Å². The lowest BCUT2D eigenvalue weighted by Gasteiger charge is -2.40. The molecule has 0 radical (unpaired) electrons. The molecular formula is C20H22F3N3O2. The average molecular weight is 393 g/mol. The molecule has 1 aliphatic rings. The molecule has 1 aromatic heterocycles. The topological polar surface area (TPSA) is 54.5 Å². The van der Waals surface area contributed by atoms with Crippen LogP contribution in [0.4, 0.5) is 19.0 Å². The Morgan fingerprint density at radius 3 is 2.46 bits per heavy atom. The third kappa shape index (κ3) is 4.74. The number of rotatable bonds is 5. The first-order valence-electron chi connectivity index (χ1n) is 8.96. The number of carbonyl (C=O) groups is 1. The molecule has 2 heterocycles. The first-order valence-corrected chi connectivity index (χ1v) is 8.96. The summed E-state index contributed by atoms with van der Waals surface area (Å²) in [5.74, 6) is 0.893. The zero-order valence-corrected chi connectivity index (χ0v) is 15.9. The van der Waals surface area contributed by atoms with Gasteiger partial charge in [-0.15, -0.1) is 0 Å². The first-order chi connectivity index (χ1) is 13.1. The van der Waals surface area contributed by atoms with Crippen LogP contribution in [0.2, 0.25) is 0 Å². The van der Waals surface area contributed by atoms with E-state index in [-0.39, 0.29) is 18.1 Å². The van der Waals surface area contributed by atoms with Gasteiger partial charge in [0, 0.05) is 12.6 Å². The van der Waals surface area contributed by atoms with Crippen molar-refractivity contribution in [1.29, 1.82) is 0 Å². The zero-order valence-electron chi connectivity index (χ0n) is 15.9. The van der Waals surface area contributed by atoms with Crippen molar-refractivity contribution in [2.24, 2.45) is 0 Å². The number of anilines is 1. The number of aromatic nitrogens is 1. The highest BCUT2D eigenvalue weighted by Crippen LogP contribution is 2.33. The lowest BCUT2D eigenvalue weighted by atomic mass is 10.1. The summed E-state index contributed by atoms with van der Waals surface area (Å²) < 4.78 is 44.8. The van der Waals surface area contributed by atoms with Gasteiger partial charge in [-0.1, -0.05) is 12.1 Å². The summed E-state index contributed by atoms with van der Waals surface area (Å²) in [6, 6.07) is 9.42. The maximum atomic E-state index is 13.0. The van der Waals surface area contributed by atoms with E-state index in [2.05, 4.69) is 10.3 Å². The van der Waals surface area contributed by atoms with Crippen molar-refractivity contribution < 1.29 is 22.7 Å². The molecule has 0 bridgehead atoms. The number of amides is 1. The molecule has 1 amide bonds. The number of halogens is 3. The van der Waals surface area contributed by atoms with Gasteiger partial charge in [0.15, 0.2) is 0 Å². The molecule has 1 fully saturated rings. The number of hydrogen-bond acceptors (Lipinski definition) is 4. The molecule has 150 valence electrons. The van der Waals surface area contributed by atoms with Crippen LogP contribution in [0.1, 0.15) is 36.7 Å². The largest absolute Gasteiger partial charge is 0.487 e. The van der Waals surface area contributed by atoms with Crippen LogP contribution in [0.15, 0.2) is 36.4 Å². The number of alkyl halides is 3. The van der Waals surface area contributed by atoms with Gasteiger partial charge in [-0.3, -0.25) is 4.79 Å². The molecule has 28 heavy (non-hydrogen) atoms. The second kappa shape index (κ2) is 7.69. The van der Waals surface area contributed by atoms with E-state index in [1.807, 2.05) is 31.2 Å². The molecular weight excluding hydrogens is 371 g/mol. The summed E-state index contributed by atoms with van der Waals surface area (Å²) in [5, 5.41) is 2.81. The first kappa shape index (κ1) is 20.0. The van der Waals surface area contributed by atoms with Crippen LogP contribution in [0.3, 0.4) is 0 Å². The monoisotopic (exact) mass is 393 g/mol. The predicted octanol–water partition coefficient (Wildman–Crippen LogP) is 3.87. The van der Waals surface area contributed by atoms with E-state index in [0.717, 1.165) is 17.7 Å². The summed E-state index contributed by atoms with van der Waals surface area (Å²) in [7, 11) is 0.